The molecule has 2 aliphatic rings. The van der Waals surface area contributed by atoms with E-state index in [1.807, 2.05) is 44.2 Å². The third kappa shape index (κ3) is 3.13. The molecule has 3 rings (SSSR count). The number of amides is 1. The van der Waals surface area contributed by atoms with Crippen LogP contribution in [0.1, 0.15) is 25.8 Å². The predicted octanol–water partition coefficient (Wildman–Crippen LogP) is 0.662. The maximum atomic E-state index is 12.6. The Balaban J connectivity index is 2.01. The lowest BCUT2D eigenvalue weighted by atomic mass is 10.1. The Kier molecular flexibility index (Phi) is 4.29. The number of nitrogens with one attached hydrogen (secondary N) is 1. The van der Waals surface area contributed by atoms with Crippen molar-refractivity contribution in [3.05, 3.63) is 47.5 Å². The third-order valence-electron chi connectivity index (χ3n) is 3.87. The summed E-state index contributed by atoms with van der Waals surface area (Å²) >= 11 is 0. The number of hydrogen-bond donors (Lipinski definition) is 3. The van der Waals surface area contributed by atoms with Gasteiger partial charge in [-0.25, -0.2) is 0 Å². The molecule has 0 aliphatic carbocycles. The van der Waals surface area contributed by atoms with Crippen molar-refractivity contribution in [3.8, 4) is 0 Å². The topological polar surface area (TPSA) is 100 Å². The first-order valence-corrected chi connectivity index (χ1v) is 7.91. The van der Waals surface area contributed by atoms with E-state index in [0.717, 1.165) is 5.56 Å². The summed E-state index contributed by atoms with van der Waals surface area (Å²) in [5.41, 5.74) is 6.85. The average molecular weight is 330 g/mol. The molecule has 0 saturated carbocycles. The van der Waals surface area contributed by atoms with E-state index in [-0.39, 0.29) is 12.5 Å². The number of aliphatic hydroxyl groups excluding tert-OH is 1. The second-order valence-electron chi connectivity index (χ2n) is 6.34. The first-order chi connectivity index (χ1) is 11.4. The molecule has 0 aromatic heterocycles. The van der Waals surface area contributed by atoms with Crippen LogP contribution in [-0.2, 0) is 16.1 Å². The van der Waals surface area contributed by atoms with Crippen LogP contribution in [0.4, 0.5) is 0 Å². The molecule has 0 spiro atoms. The minimum atomic E-state index is -1.08. The standard InChI is InChI=1S/C17H22N4O3/c1-17(2)19-12(8-9-22)13-15(20-17)21(16(23)14(18)24-13)10-11-6-4-3-5-7-11/h3-7,14,20,22H,8-10,18H2,1-2H3. The van der Waals surface area contributed by atoms with Gasteiger partial charge >= 0.3 is 0 Å². The quantitative estimate of drug-likeness (QED) is 0.753. The van der Waals surface area contributed by atoms with Crippen molar-refractivity contribution >= 4 is 11.6 Å². The van der Waals surface area contributed by atoms with E-state index in [4.69, 9.17) is 10.5 Å². The molecule has 0 saturated heterocycles. The number of carbonyl (C=O) groups is 1. The lowest BCUT2D eigenvalue weighted by Crippen LogP contribution is -2.57. The summed E-state index contributed by atoms with van der Waals surface area (Å²) in [5, 5.41) is 12.5. The van der Waals surface area contributed by atoms with Crippen LogP contribution in [0.5, 0.6) is 0 Å². The Bertz CT molecular complexity index is 697. The molecule has 1 amide bonds. The van der Waals surface area contributed by atoms with Crippen LogP contribution >= 0.6 is 0 Å². The van der Waals surface area contributed by atoms with Crippen molar-refractivity contribution < 1.29 is 14.6 Å². The van der Waals surface area contributed by atoms with Crippen LogP contribution in [0.2, 0.25) is 0 Å². The zero-order chi connectivity index (χ0) is 17.3. The van der Waals surface area contributed by atoms with E-state index >= 15 is 0 Å². The lowest BCUT2D eigenvalue weighted by Gasteiger charge is -2.41. The largest absolute Gasteiger partial charge is 0.460 e. The zero-order valence-corrected chi connectivity index (χ0v) is 13.8. The first-order valence-electron chi connectivity index (χ1n) is 7.91. The van der Waals surface area contributed by atoms with Crippen LogP contribution in [0.25, 0.3) is 0 Å². The molecule has 1 unspecified atom stereocenters. The number of benzene rings is 1. The molecule has 0 fully saturated rings. The van der Waals surface area contributed by atoms with Gasteiger partial charge in [0.15, 0.2) is 11.6 Å². The van der Waals surface area contributed by atoms with Crippen LogP contribution in [0.15, 0.2) is 46.9 Å². The van der Waals surface area contributed by atoms with Crippen molar-refractivity contribution in [2.24, 2.45) is 10.7 Å². The minimum Gasteiger partial charge on any atom is -0.460 e. The van der Waals surface area contributed by atoms with E-state index in [2.05, 4.69) is 10.3 Å². The Morgan fingerprint density at radius 3 is 2.75 bits per heavy atom. The van der Waals surface area contributed by atoms with Gasteiger partial charge in [0, 0.05) is 13.0 Å². The number of ether oxygens (including phenoxy) is 1. The lowest BCUT2D eigenvalue weighted by molar-refractivity contribution is -0.143. The van der Waals surface area contributed by atoms with Gasteiger partial charge in [0.05, 0.1) is 12.3 Å². The zero-order valence-electron chi connectivity index (χ0n) is 13.8. The van der Waals surface area contributed by atoms with Crippen molar-refractivity contribution in [1.82, 2.24) is 10.2 Å². The SMILES string of the molecule is CC1(C)N=C(CCO)C2=C(N1)N(Cc1ccccc1)C(=O)C(N)O2. The number of carbonyl (C=O) groups excluding carboxylic acids is 1. The molecule has 7 nitrogen and oxygen atoms in total. The summed E-state index contributed by atoms with van der Waals surface area (Å²) in [5.74, 6) is 0.673. The Morgan fingerprint density at radius 2 is 2.08 bits per heavy atom. The van der Waals surface area contributed by atoms with Crippen molar-refractivity contribution in [3.63, 3.8) is 0 Å². The van der Waals surface area contributed by atoms with Crippen molar-refractivity contribution in [1.29, 1.82) is 0 Å². The molecular weight excluding hydrogens is 308 g/mol. The van der Waals surface area contributed by atoms with E-state index in [0.29, 0.717) is 30.3 Å². The molecule has 1 aromatic carbocycles. The van der Waals surface area contributed by atoms with Gasteiger partial charge in [-0.15, -0.1) is 0 Å². The van der Waals surface area contributed by atoms with E-state index in [1.165, 1.54) is 0 Å². The van der Waals surface area contributed by atoms with Gasteiger partial charge in [0.1, 0.15) is 5.66 Å². The van der Waals surface area contributed by atoms with Gasteiger partial charge in [0.25, 0.3) is 5.91 Å². The molecule has 24 heavy (non-hydrogen) atoms. The molecule has 2 aliphatic heterocycles. The van der Waals surface area contributed by atoms with Crippen LogP contribution in [0.3, 0.4) is 0 Å². The fourth-order valence-electron chi connectivity index (χ4n) is 2.85. The van der Waals surface area contributed by atoms with Crippen LogP contribution < -0.4 is 11.1 Å². The summed E-state index contributed by atoms with van der Waals surface area (Å²) < 4.78 is 5.59. The van der Waals surface area contributed by atoms with E-state index in [9.17, 15) is 9.90 Å². The molecule has 0 bridgehead atoms. The summed E-state index contributed by atoms with van der Waals surface area (Å²) in [6.45, 7) is 4.11. The highest BCUT2D eigenvalue weighted by molar-refractivity contribution is 6.02. The number of aliphatic hydroxyl groups is 1. The second kappa shape index (κ2) is 6.26. The third-order valence-corrected chi connectivity index (χ3v) is 3.87. The van der Waals surface area contributed by atoms with Crippen LogP contribution in [0, 0.1) is 0 Å². The maximum Gasteiger partial charge on any atom is 0.284 e. The summed E-state index contributed by atoms with van der Waals surface area (Å²) in [6.07, 6.45) is -0.747. The normalized spacial score (nSPS) is 22.5. The first kappa shape index (κ1) is 16.5. The molecular formula is C17H22N4O3. The molecule has 1 atom stereocenters. The molecule has 7 heteroatoms. The van der Waals surface area contributed by atoms with Crippen molar-refractivity contribution in [2.75, 3.05) is 6.61 Å². The highest BCUT2D eigenvalue weighted by atomic mass is 16.5. The van der Waals surface area contributed by atoms with Gasteiger partial charge in [0.2, 0.25) is 6.23 Å². The molecule has 128 valence electrons. The summed E-state index contributed by atoms with van der Waals surface area (Å²) in [4.78, 5) is 18.7. The van der Waals surface area contributed by atoms with Gasteiger partial charge in [-0.3, -0.25) is 20.4 Å². The smallest absolute Gasteiger partial charge is 0.284 e. The van der Waals surface area contributed by atoms with E-state index in [1.54, 1.807) is 4.90 Å². The highest BCUT2D eigenvalue weighted by Gasteiger charge is 2.40. The average Bonchev–Trinajstić information content (AvgIpc) is 2.54. The second-order valence-corrected chi connectivity index (χ2v) is 6.34. The van der Waals surface area contributed by atoms with Gasteiger partial charge < -0.3 is 15.2 Å². The summed E-state index contributed by atoms with van der Waals surface area (Å²) in [7, 11) is 0. The fourth-order valence-corrected chi connectivity index (χ4v) is 2.85. The monoisotopic (exact) mass is 330 g/mol. The van der Waals surface area contributed by atoms with Gasteiger partial charge in [-0.2, -0.15) is 0 Å². The van der Waals surface area contributed by atoms with E-state index < -0.39 is 11.9 Å². The highest BCUT2D eigenvalue weighted by Crippen LogP contribution is 2.29. The number of allylic oxidation sites excluding steroid dienone is 1. The van der Waals surface area contributed by atoms with Gasteiger partial charge in [-0.05, 0) is 19.4 Å². The number of aliphatic imine (C=N–C) groups is 1. The minimum absolute atomic E-state index is 0.0586. The predicted molar refractivity (Wildman–Crippen MR) is 89.4 cm³/mol. The Hall–Kier alpha value is -2.38. The molecule has 2 heterocycles. The van der Waals surface area contributed by atoms with Crippen molar-refractivity contribution in [2.45, 2.75) is 38.7 Å². The maximum absolute atomic E-state index is 12.6. The molecule has 0 radical (unpaired) electrons. The number of rotatable bonds is 4. The number of hydrogen-bond acceptors (Lipinski definition) is 6. The van der Waals surface area contributed by atoms with Gasteiger partial charge in [-0.1, -0.05) is 30.3 Å². The Morgan fingerprint density at radius 1 is 1.38 bits per heavy atom. The molecule has 4 N–H and O–H groups in total. The number of nitrogens with two attached hydrogens (primary N) is 1. The number of nitrogens with zero attached hydrogens (tertiary/aromatic N) is 2. The molecule has 1 aromatic rings. The summed E-state index contributed by atoms with van der Waals surface area (Å²) in [6, 6.07) is 9.67. The fraction of sp³-hybridized carbons (Fsp3) is 0.412. The van der Waals surface area contributed by atoms with Crippen LogP contribution in [-0.4, -0.2) is 40.1 Å². The Labute approximate surface area is 140 Å².